The standard InChI is InChI=1S/C19H32Cl2N4O3/c1-4-22-19(23-9-11-25(2)10-6-12-27-3)24-13-15(26)14-28-17-8-5-7-16(20)18(17)21/h5,7-8,15,26H,4,6,9-14H2,1-3H3,(H2,22,23,24). The number of nitrogens with zero attached hydrogens (tertiary/aromatic N) is 2. The van der Waals surface area contributed by atoms with E-state index in [9.17, 15) is 5.11 Å². The largest absolute Gasteiger partial charge is 0.489 e. The Balaban J connectivity index is 2.38. The summed E-state index contributed by atoms with van der Waals surface area (Å²) in [7, 11) is 3.78. The molecule has 3 N–H and O–H groups in total. The van der Waals surface area contributed by atoms with Gasteiger partial charge in [-0.05, 0) is 32.5 Å². The van der Waals surface area contributed by atoms with Crippen LogP contribution in [0.3, 0.4) is 0 Å². The first-order valence-corrected chi connectivity index (χ1v) is 10.2. The molecule has 1 unspecified atom stereocenters. The van der Waals surface area contributed by atoms with Crippen LogP contribution in [0.2, 0.25) is 10.0 Å². The Morgan fingerprint density at radius 1 is 1.29 bits per heavy atom. The number of hydrogen-bond acceptors (Lipinski definition) is 5. The zero-order valence-corrected chi connectivity index (χ0v) is 18.4. The van der Waals surface area contributed by atoms with E-state index >= 15 is 0 Å². The summed E-state index contributed by atoms with van der Waals surface area (Å²) in [5.41, 5.74) is 0. The van der Waals surface area contributed by atoms with Crippen LogP contribution in [0.1, 0.15) is 13.3 Å². The molecule has 160 valence electrons. The molecule has 9 heteroatoms. The summed E-state index contributed by atoms with van der Waals surface area (Å²) in [6.45, 7) is 6.39. The summed E-state index contributed by atoms with van der Waals surface area (Å²) < 4.78 is 10.6. The van der Waals surface area contributed by atoms with Gasteiger partial charge in [-0.25, -0.2) is 0 Å². The molecular weight excluding hydrogens is 403 g/mol. The number of guanidine groups is 1. The average molecular weight is 435 g/mol. The predicted octanol–water partition coefficient (Wildman–Crippen LogP) is 2.26. The SMILES string of the molecule is CCNC(=NCC(O)COc1cccc(Cl)c1Cl)NCCN(C)CCCOC. The zero-order valence-electron chi connectivity index (χ0n) is 16.9. The molecule has 0 aromatic heterocycles. The van der Waals surface area contributed by atoms with E-state index in [-0.39, 0.29) is 13.2 Å². The summed E-state index contributed by atoms with van der Waals surface area (Å²) in [6.07, 6.45) is 0.242. The summed E-state index contributed by atoms with van der Waals surface area (Å²) >= 11 is 12.0. The highest BCUT2D eigenvalue weighted by Gasteiger charge is 2.10. The van der Waals surface area contributed by atoms with E-state index < -0.39 is 6.10 Å². The van der Waals surface area contributed by atoms with Crippen LogP contribution >= 0.6 is 23.2 Å². The van der Waals surface area contributed by atoms with Gasteiger partial charge >= 0.3 is 0 Å². The fraction of sp³-hybridized carbons (Fsp3) is 0.632. The molecule has 0 spiro atoms. The van der Waals surface area contributed by atoms with Crippen LogP contribution in [0.25, 0.3) is 0 Å². The number of benzene rings is 1. The van der Waals surface area contributed by atoms with Crippen LogP contribution in [0.4, 0.5) is 0 Å². The van der Waals surface area contributed by atoms with Crippen LogP contribution in [-0.2, 0) is 4.74 Å². The number of halogens is 2. The molecule has 0 fully saturated rings. The van der Waals surface area contributed by atoms with Gasteiger partial charge in [-0.15, -0.1) is 0 Å². The van der Waals surface area contributed by atoms with E-state index in [2.05, 4.69) is 27.6 Å². The highest BCUT2D eigenvalue weighted by Crippen LogP contribution is 2.31. The van der Waals surface area contributed by atoms with E-state index in [1.807, 2.05) is 6.92 Å². The molecule has 0 amide bonds. The lowest BCUT2D eigenvalue weighted by Crippen LogP contribution is -2.41. The number of rotatable bonds is 13. The van der Waals surface area contributed by atoms with Gasteiger partial charge in [0.2, 0.25) is 0 Å². The van der Waals surface area contributed by atoms with Crippen molar-refractivity contribution in [3.05, 3.63) is 28.2 Å². The van der Waals surface area contributed by atoms with Crippen molar-refractivity contribution in [1.82, 2.24) is 15.5 Å². The maximum Gasteiger partial charge on any atom is 0.191 e. The van der Waals surface area contributed by atoms with Gasteiger partial charge in [0.25, 0.3) is 0 Å². The fourth-order valence-corrected chi connectivity index (χ4v) is 2.67. The first kappa shape index (κ1) is 24.8. The van der Waals surface area contributed by atoms with Crippen molar-refractivity contribution >= 4 is 29.2 Å². The van der Waals surface area contributed by atoms with Gasteiger partial charge < -0.3 is 30.1 Å². The second-order valence-electron chi connectivity index (χ2n) is 6.31. The monoisotopic (exact) mass is 434 g/mol. The van der Waals surface area contributed by atoms with Crippen LogP contribution in [0.15, 0.2) is 23.2 Å². The van der Waals surface area contributed by atoms with E-state index in [0.29, 0.717) is 21.8 Å². The number of aliphatic hydroxyl groups is 1. The molecule has 0 aliphatic carbocycles. The zero-order chi connectivity index (χ0) is 20.8. The molecule has 0 heterocycles. The summed E-state index contributed by atoms with van der Waals surface area (Å²) in [5.74, 6) is 1.10. The number of likely N-dealkylation sites (N-methyl/N-ethyl adjacent to an activating group) is 1. The molecule has 0 bridgehead atoms. The van der Waals surface area contributed by atoms with Crippen LogP contribution in [-0.4, -0.2) is 82.2 Å². The fourth-order valence-electron chi connectivity index (χ4n) is 2.33. The van der Waals surface area contributed by atoms with Crippen LogP contribution in [0.5, 0.6) is 5.75 Å². The van der Waals surface area contributed by atoms with E-state index in [1.165, 1.54) is 0 Å². The quantitative estimate of drug-likeness (QED) is 0.251. The third-order valence-corrected chi connectivity index (χ3v) is 4.63. The topological polar surface area (TPSA) is 78.4 Å². The average Bonchev–Trinajstić information content (AvgIpc) is 2.67. The molecule has 1 rings (SSSR count). The molecule has 0 radical (unpaired) electrons. The van der Waals surface area contributed by atoms with Gasteiger partial charge in [-0.1, -0.05) is 29.3 Å². The predicted molar refractivity (Wildman–Crippen MR) is 116 cm³/mol. The molecule has 0 aliphatic rings. The number of hydrogen-bond donors (Lipinski definition) is 3. The van der Waals surface area contributed by atoms with Crippen LogP contribution in [0, 0.1) is 0 Å². The molecule has 0 saturated heterocycles. The van der Waals surface area contributed by atoms with Gasteiger partial charge in [0, 0.05) is 39.9 Å². The highest BCUT2D eigenvalue weighted by molar-refractivity contribution is 6.42. The molecule has 0 aliphatic heterocycles. The third-order valence-electron chi connectivity index (χ3n) is 3.83. The van der Waals surface area contributed by atoms with E-state index in [0.717, 1.165) is 39.2 Å². The Bertz CT molecular complexity index is 590. The molecule has 0 saturated carbocycles. The Morgan fingerprint density at radius 3 is 2.79 bits per heavy atom. The Labute approximate surface area is 178 Å². The van der Waals surface area contributed by atoms with Gasteiger partial charge in [-0.2, -0.15) is 0 Å². The van der Waals surface area contributed by atoms with Gasteiger partial charge in [0.05, 0.1) is 11.6 Å². The lowest BCUT2D eigenvalue weighted by molar-refractivity contribution is 0.114. The molecule has 1 aromatic carbocycles. The first-order chi connectivity index (χ1) is 13.5. The van der Waals surface area contributed by atoms with Crippen molar-refractivity contribution in [3.8, 4) is 5.75 Å². The number of methoxy groups -OCH3 is 1. The Hall–Kier alpha value is -1.25. The normalized spacial score (nSPS) is 12.9. The summed E-state index contributed by atoms with van der Waals surface area (Å²) in [6, 6.07) is 5.13. The summed E-state index contributed by atoms with van der Waals surface area (Å²) in [4.78, 5) is 6.63. The summed E-state index contributed by atoms with van der Waals surface area (Å²) in [5, 5.41) is 17.3. The van der Waals surface area contributed by atoms with Gasteiger partial charge in [0.15, 0.2) is 5.96 Å². The maximum atomic E-state index is 10.1. The molecular formula is C19H32Cl2N4O3. The molecule has 7 nitrogen and oxygen atoms in total. The minimum absolute atomic E-state index is 0.0746. The van der Waals surface area contributed by atoms with Crippen molar-refractivity contribution in [1.29, 1.82) is 0 Å². The number of aliphatic imine (C=N–C) groups is 1. The molecule has 28 heavy (non-hydrogen) atoms. The van der Waals surface area contributed by atoms with Gasteiger partial charge in [-0.3, -0.25) is 4.99 Å². The van der Waals surface area contributed by atoms with E-state index in [1.54, 1.807) is 25.3 Å². The first-order valence-electron chi connectivity index (χ1n) is 9.42. The van der Waals surface area contributed by atoms with E-state index in [4.69, 9.17) is 32.7 Å². The van der Waals surface area contributed by atoms with Crippen LogP contribution < -0.4 is 15.4 Å². The maximum absolute atomic E-state index is 10.1. The number of nitrogens with one attached hydrogen (secondary N) is 2. The van der Waals surface area contributed by atoms with Crippen molar-refractivity contribution in [2.75, 3.05) is 60.1 Å². The molecule has 1 aromatic rings. The Morgan fingerprint density at radius 2 is 2.07 bits per heavy atom. The van der Waals surface area contributed by atoms with Crippen molar-refractivity contribution < 1.29 is 14.6 Å². The smallest absolute Gasteiger partial charge is 0.191 e. The lowest BCUT2D eigenvalue weighted by atomic mass is 10.3. The Kier molecular flexibility index (Phi) is 13.0. The minimum Gasteiger partial charge on any atom is -0.489 e. The van der Waals surface area contributed by atoms with Gasteiger partial charge in [0.1, 0.15) is 23.5 Å². The second-order valence-corrected chi connectivity index (χ2v) is 7.10. The second kappa shape index (κ2) is 14.7. The minimum atomic E-state index is -0.762. The van der Waals surface area contributed by atoms with Crippen molar-refractivity contribution in [2.45, 2.75) is 19.4 Å². The number of aliphatic hydroxyl groups excluding tert-OH is 1. The molecule has 1 atom stereocenters. The van der Waals surface area contributed by atoms with Crippen molar-refractivity contribution in [3.63, 3.8) is 0 Å². The van der Waals surface area contributed by atoms with Crippen molar-refractivity contribution in [2.24, 2.45) is 4.99 Å². The third kappa shape index (κ3) is 10.3. The number of ether oxygens (including phenoxy) is 2. The highest BCUT2D eigenvalue weighted by atomic mass is 35.5. The lowest BCUT2D eigenvalue weighted by Gasteiger charge is -2.18.